The van der Waals surface area contributed by atoms with Crippen LogP contribution in [0, 0.1) is 0 Å². The second-order valence-corrected chi connectivity index (χ2v) is 9.32. The molecule has 11 heteroatoms. The van der Waals surface area contributed by atoms with E-state index < -0.39 is 38.0 Å². The van der Waals surface area contributed by atoms with Crippen molar-refractivity contribution in [3.05, 3.63) is 24.3 Å². The van der Waals surface area contributed by atoms with Gasteiger partial charge in [0.05, 0.1) is 16.4 Å². The zero-order valence-corrected chi connectivity index (χ0v) is 13.6. The van der Waals surface area contributed by atoms with Gasteiger partial charge >= 0.3 is 6.36 Å². The lowest BCUT2D eigenvalue weighted by molar-refractivity contribution is -0.274. The molecule has 1 aromatic rings. The number of sulfonamides is 1. The lowest BCUT2D eigenvalue weighted by Gasteiger charge is -2.22. The number of ether oxygens (including phenoxy) is 1. The van der Waals surface area contributed by atoms with Crippen molar-refractivity contribution < 1.29 is 34.7 Å². The van der Waals surface area contributed by atoms with Crippen molar-refractivity contribution in [3.63, 3.8) is 0 Å². The maximum absolute atomic E-state index is 12.4. The van der Waals surface area contributed by atoms with Gasteiger partial charge in [-0.1, -0.05) is 0 Å². The average Bonchev–Trinajstić information content (AvgIpc) is 2.77. The molecule has 1 unspecified atom stereocenters. The summed E-state index contributed by atoms with van der Waals surface area (Å²) in [6.07, 6.45) is -4.68. The van der Waals surface area contributed by atoms with Crippen LogP contribution in [0.15, 0.2) is 29.2 Å². The van der Waals surface area contributed by atoms with Crippen LogP contribution in [0.3, 0.4) is 0 Å². The quantitative estimate of drug-likeness (QED) is 0.797. The molecule has 0 N–H and O–H groups in total. The highest BCUT2D eigenvalue weighted by Crippen LogP contribution is 2.27. The largest absolute Gasteiger partial charge is 0.573 e. The predicted octanol–water partition coefficient (Wildman–Crippen LogP) is 1.39. The van der Waals surface area contributed by atoms with E-state index in [-0.39, 0.29) is 22.8 Å². The monoisotopic (exact) mass is 373 g/mol. The maximum Gasteiger partial charge on any atom is 0.573 e. The molecule has 1 fully saturated rings. The lowest BCUT2D eigenvalue weighted by atomic mass is 10.3. The minimum absolute atomic E-state index is 0.0874. The Morgan fingerprint density at radius 1 is 1.22 bits per heavy atom. The minimum Gasteiger partial charge on any atom is -0.406 e. The molecule has 0 spiro atoms. The fraction of sp³-hybridized carbons (Fsp3) is 0.500. The van der Waals surface area contributed by atoms with Crippen LogP contribution in [0.1, 0.15) is 6.42 Å². The molecule has 1 atom stereocenters. The number of benzene rings is 1. The van der Waals surface area contributed by atoms with Crippen LogP contribution in [-0.2, 0) is 19.9 Å². The number of alkyl halides is 3. The van der Waals surface area contributed by atoms with E-state index in [0.29, 0.717) is 0 Å². The van der Waals surface area contributed by atoms with E-state index in [1.54, 1.807) is 0 Å². The number of rotatable bonds is 4. The summed E-state index contributed by atoms with van der Waals surface area (Å²) < 4.78 is 88.5. The number of sulfone groups is 1. The van der Waals surface area contributed by atoms with Gasteiger partial charge in [-0.3, -0.25) is 0 Å². The molecule has 23 heavy (non-hydrogen) atoms. The van der Waals surface area contributed by atoms with Crippen LogP contribution in [-0.4, -0.2) is 52.1 Å². The van der Waals surface area contributed by atoms with Gasteiger partial charge in [0.25, 0.3) is 0 Å². The smallest absolute Gasteiger partial charge is 0.406 e. The van der Waals surface area contributed by atoms with Crippen molar-refractivity contribution in [3.8, 4) is 5.75 Å². The van der Waals surface area contributed by atoms with Gasteiger partial charge in [0.2, 0.25) is 10.0 Å². The van der Waals surface area contributed by atoms with Gasteiger partial charge in [0.1, 0.15) is 5.75 Å². The molecule has 130 valence electrons. The fourth-order valence-corrected chi connectivity index (χ4v) is 5.49. The Balaban J connectivity index is 2.19. The average molecular weight is 373 g/mol. The minimum atomic E-state index is -4.87. The summed E-state index contributed by atoms with van der Waals surface area (Å²) in [6.45, 7) is 0. The molecule has 1 saturated heterocycles. The van der Waals surface area contributed by atoms with E-state index in [9.17, 15) is 30.0 Å². The van der Waals surface area contributed by atoms with Crippen LogP contribution in [0.2, 0.25) is 0 Å². The van der Waals surface area contributed by atoms with Crippen molar-refractivity contribution in [2.45, 2.75) is 23.7 Å². The first-order valence-corrected chi connectivity index (χ1v) is 9.71. The Morgan fingerprint density at radius 3 is 2.22 bits per heavy atom. The maximum atomic E-state index is 12.4. The van der Waals surface area contributed by atoms with E-state index >= 15 is 0 Å². The summed E-state index contributed by atoms with van der Waals surface area (Å²) in [4.78, 5) is -0.237. The number of halogens is 3. The second kappa shape index (κ2) is 5.95. The highest BCUT2D eigenvalue weighted by molar-refractivity contribution is 7.92. The Labute approximate surface area is 131 Å². The summed E-state index contributed by atoms with van der Waals surface area (Å²) in [6, 6.07) is 3.06. The molecular weight excluding hydrogens is 359 g/mol. The highest BCUT2D eigenvalue weighted by Gasteiger charge is 2.36. The molecule has 2 rings (SSSR count). The molecule has 6 nitrogen and oxygen atoms in total. The summed E-state index contributed by atoms with van der Waals surface area (Å²) in [5.41, 5.74) is 0. The molecule has 0 aromatic heterocycles. The van der Waals surface area contributed by atoms with Crippen LogP contribution in [0.25, 0.3) is 0 Å². The van der Waals surface area contributed by atoms with Crippen molar-refractivity contribution >= 4 is 19.9 Å². The van der Waals surface area contributed by atoms with Crippen molar-refractivity contribution in [2.24, 2.45) is 0 Å². The van der Waals surface area contributed by atoms with Crippen LogP contribution in [0.5, 0.6) is 5.75 Å². The summed E-state index contributed by atoms with van der Waals surface area (Å²) >= 11 is 0. The van der Waals surface area contributed by atoms with E-state index in [4.69, 9.17) is 0 Å². The normalized spacial score (nSPS) is 21.5. The van der Waals surface area contributed by atoms with Gasteiger partial charge in [-0.2, -0.15) is 4.31 Å². The van der Waals surface area contributed by atoms with Gasteiger partial charge in [0.15, 0.2) is 9.84 Å². The Hall–Kier alpha value is -1.33. The SMILES string of the molecule is CN(C1CCS(=O)(=O)C1)S(=O)(=O)c1ccc(OC(F)(F)F)cc1. The molecule has 1 aromatic carbocycles. The van der Waals surface area contributed by atoms with Gasteiger partial charge in [-0.25, -0.2) is 16.8 Å². The number of hydrogen-bond donors (Lipinski definition) is 0. The second-order valence-electron chi connectivity index (χ2n) is 5.10. The van der Waals surface area contributed by atoms with Gasteiger partial charge < -0.3 is 4.74 Å². The van der Waals surface area contributed by atoms with Gasteiger partial charge in [-0.15, -0.1) is 13.2 Å². The first-order chi connectivity index (χ1) is 10.4. The third kappa shape index (κ3) is 4.36. The zero-order valence-electron chi connectivity index (χ0n) is 11.9. The van der Waals surface area contributed by atoms with Crippen molar-refractivity contribution in [2.75, 3.05) is 18.6 Å². The topological polar surface area (TPSA) is 80.8 Å². The molecule has 0 aliphatic carbocycles. The molecular formula is C12H14F3NO5S2. The molecule has 0 bridgehead atoms. The molecule has 1 heterocycles. The van der Waals surface area contributed by atoms with E-state index in [0.717, 1.165) is 28.6 Å². The fourth-order valence-electron chi connectivity index (χ4n) is 2.24. The Bertz CT molecular complexity index is 772. The number of nitrogens with zero attached hydrogens (tertiary/aromatic N) is 1. The summed E-state index contributed by atoms with van der Waals surface area (Å²) in [5.74, 6) is -0.893. The third-order valence-electron chi connectivity index (χ3n) is 3.46. The van der Waals surface area contributed by atoms with Crippen molar-refractivity contribution in [1.29, 1.82) is 0 Å². The van der Waals surface area contributed by atoms with Crippen LogP contribution >= 0.6 is 0 Å². The first-order valence-electron chi connectivity index (χ1n) is 6.45. The van der Waals surface area contributed by atoms with Crippen molar-refractivity contribution in [1.82, 2.24) is 4.31 Å². The van der Waals surface area contributed by atoms with E-state index in [1.165, 1.54) is 7.05 Å². The van der Waals surface area contributed by atoms with Gasteiger partial charge in [-0.05, 0) is 30.7 Å². The highest BCUT2D eigenvalue weighted by atomic mass is 32.2. The molecule has 1 aliphatic rings. The first kappa shape index (κ1) is 18.0. The Morgan fingerprint density at radius 2 is 1.78 bits per heavy atom. The summed E-state index contributed by atoms with van der Waals surface area (Å²) in [5, 5.41) is 0. The van der Waals surface area contributed by atoms with E-state index in [2.05, 4.69) is 4.74 Å². The molecule has 0 amide bonds. The molecule has 0 saturated carbocycles. The lowest BCUT2D eigenvalue weighted by Crippen LogP contribution is -2.37. The third-order valence-corrected chi connectivity index (χ3v) is 7.13. The van der Waals surface area contributed by atoms with Gasteiger partial charge in [0, 0.05) is 13.1 Å². The zero-order chi connectivity index (χ0) is 17.5. The standard InChI is InChI=1S/C12H14F3NO5S2/c1-16(9-6-7-22(17,18)8-9)23(19,20)11-4-2-10(3-5-11)21-12(13,14)15/h2-5,9H,6-8H2,1H3. The van der Waals surface area contributed by atoms with Crippen LogP contribution in [0.4, 0.5) is 13.2 Å². The van der Waals surface area contributed by atoms with Crippen LogP contribution < -0.4 is 4.74 Å². The molecule has 0 radical (unpaired) electrons. The Kier molecular flexibility index (Phi) is 4.66. The van der Waals surface area contributed by atoms with E-state index in [1.807, 2.05) is 0 Å². The predicted molar refractivity (Wildman–Crippen MR) is 75.1 cm³/mol. The number of hydrogen-bond acceptors (Lipinski definition) is 5. The summed E-state index contributed by atoms with van der Waals surface area (Å²) in [7, 11) is -6.01. The molecule has 1 aliphatic heterocycles.